The van der Waals surface area contributed by atoms with E-state index in [-0.39, 0.29) is 0 Å². The van der Waals surface area contributed by atoms with Crippen molar-refractivity contribution < 1.29 is 9.47 Å². The molecule has 6 nitrogen and oxygen atoms in total. The Balaban J connectivity index is 1.61. The highest BCUT2D eigenvalue weighted by Gasteiger charge is 2.17. The first-order valence-electron chi connectivity index (χ1n) is 10.1. The fraction of sp³-hybridized carbons (Fsp3) is 0.348. The summed E-state index contributed by atoms with van der Waals surface area (Å²) in [6.07, 6.45) is 1.81. The van der Waals surface area contributed by atoms with Gasteiger partial charge in [0.2, 0.25) is 0 Å². The molecule has 2 heterocycles. The molecule has 1 aliphatic heterocycles. The van der Waals surface area contributed by atoms with Gasteiger partial charge in [0.05, 0.1) is 31.8 Å². The highest BCUT2D eigenvalue weighted by atomic mass is 16.5. The number of benzene rings is 2. The standard InChI is InChI=1S/C23H28N4O2/c1-4-25-13-15-26(16-14-25)18-5-7-19(8-6-18)27-22(11-12-24-27)21-17-20(28-2)9-10-23(21)29-3/h5-12,17H,4,13-16H2,1-3H3. The Morgan fingerprint density at radius 3 is 2.24 bits per heavy atom. The van der Waals surface area contributed by atoms with Gasteiger partial charge in [0, 0.05) is 37.4 Å². The van der Waals surface area contributed by atoms with Gasteiger partial charge < -0.3 is 19.3 Å². The van der Waals surface area contributed by atoms with Crippen LogP contribution in [0.5, 0.6) is 11.5 Å². The van der Waals surface area contributed by atoms with Crippen molar-refractivity contribution in [2.75, 3.05) is 51.8 Å². The number of anilines is 1. The first-order chi connectivity index (χ1) is 14.2. The van der Waals surface area contributed by atoms with Gasteiger partial charge >= 0.3 is 0 Å². The third-order valence-electron chi connectivity index (χ3n) is 5.60. The summed E-state index contributed by atoms with van der Waals surface area (Å²) in [5.41, 5.74) is 4.19. The van der Waals surface area contributed by atoms with Crippen LogP contribution in [-0.2, 0) is 0 Å². The summed E-state index contributed by atoms with van der Waals surface area (Å²) in [4.78, 5) is 4.94. The van der Waals surface area contributed by atoms with Gasteiger partial charge in [0.15, 0.2) is 0 Å². The van der Waals surface area contributed by atoms with Crippen molar-refractivity contribution in [1.82, 2.24) is 14.7 Å². The quantitative estimate of drug-likeness (QED) is 0.640. The zero-order chi connectivity index (χ0) is 20.2. The zero-order valence-corrected chi connectivity index (χ0v) is 17.3. The predicted octanol–water partition coefficient (Wildman–Crippen LogP) is 3.70. The Morgan fingerprint density at radius 1 is 0.862 bits per heavy atom. The smallest absolute Gasteiger partial charge is 0.128 e. The second-order valence-corrected chi connectivity index (χ2v) is 7.13. The average Bonchev–Trinajstić information content (AvgIpc) is 3.28. The lowest BCUT2D eigenvalue weighted by Crippen LogP contribution is -2.46. The molecule has 0 bridgehead atoms. The minimum atomic E-state index is 0.787. The number of methoxy groups -OCH3 is 2. The lowest BCUT2D eigenvalue weighted by atomic mass is 10.1. The van der Waals surface area contributed by atoms with Crippen LogP contribution in [0, 0.1) is 0 Å². The van der Waals surface area contributed by atoms with Crippen molar-refractivity contribution >= 4 is 5.69 Å². The maximum Gasteiger partial charge on any atom is 0.128 e. The topological polar surface area (TPSA) is 42.8 Å². The van der Waals surface area contributed by atoms with Crippen LogP contribution in [0.1, 0.15) is 6.92 Å². The highest BCUT2D eigenvalue weighted by molar-refractivity contribution is 5.71. The fourth-order valence-electron chi connectivity index (χ4n) is 3.85. The maximum atomic E-state index is 5.57. The number of nitrogens with zero attached hydrogens (tertiary/aromatic N) is 4. The van der Waals surface area contributed by atoms with Crippen LogP contribution < -0.4 is 14.4 Å². The van der Waals surface area contributed by atoms with Crippen LogP contribution >= 0.6 is 0 Å². The van der Waals surface area contributed by atoms with E-state index in [0.717, 1.165) is 61.2 Å². The molecule has 0 spiro atoms. The molecule has 0 radical (unpaired) electrons. The molecule has 1 saturated heterocycles. The molecule has 0 saturated carbocycles. The number of likely N-dealkylation sites (N-methyl/N-ethyl adjacent to an activating group) is 1. The van der Waals surface area contributed by atoms with Crippen molar-refractivity contribution in [3.63, 3.8) is 0 Å². The molecular weight excluding hydrogens is 364 g/mol. The van der Waals surface area contributed by atoms with E-state index in [4.69, 9.17) is 9.47 Å². The van der Waals surface area contributed by atoms with Crippen LogP contribution in [0.15, 0.2) is 54.7 Å². The van der Waals surface area contributed by atoms with Crippen LogP contribution in [0.3, 0.4) is 0 Å². The monoisotopic (exact) mass is 392 g/mol. The SMILES string of the molecule is CCN1CCN(c2ccc(-n3nccc3-c3cc(OC)ccc3OC)cc2)CC1. The molecule has 152 valence electrons. The third-order valence-corrected chi connectivity index (χ3v) is 5.60. The molecule has 0 N–H and O–H groups in total. The molecule has 1 fully saturated rings. The average molecular weight is 393 g/mol. The van der Waals surface area contributed by atoms with E-state index >= 15 is 0 Å². The summed E-state index contributed by atoms with van der Waals surface area (Å²) in [6, 6.07) is 16.4. The van der Waals surface area contributed by atoms with Crippen molar-refractivity contribution in [2.45, 2.75) is 6.92 Å². The fourth-order valence-corrected chi connectivity index (χ4v) is 3.85. The van der Waals surface area contributed by atoms with E-state index in [1.165, 1.54) is 5.69 Å². The molecule has 2 aromatic carbocycles. The molecule has 0 amide bonds. The number of hydrogen-bond acceptors (Lipinski definition) is 5. The van der Waals surface area contributed by atoms with Crippen molar-refractivity contribution in [2.24, 2.45) is 0 Å². The minimum Gasteiger partial charge on any atom is -0.497 e. The van der Waals surface area contributed by atoms with Gasteiger partial charge in [-0.2, -0.15) is 5.10 Å². The predicted molar refractivity (Wildman–Crippen MR) is 116 cm³/mol. The normalized spacial score (nSPS) is 14.8. The summed E-state index contributed by atoms with van der Waals surface area (Å²) >= 11 is 0. The van der Waals surface area contributed by atoms with Crippen molar-refractivity contribution in [3.8, 4) is 28.4 Å². The van der Waals surface area contributed by atoms with Gasteiger partial charge in [-0.1, -0.05) is 6.92 Å². The Hall–Kier alpha value is -2.99. The molecule has 0 unspecified atom stereocenters. The highest BCUT2D eigenvalue weighted by Crippen LogP contribution is 2.34. The number of hydrogen-bond donors (Lipinski definition) is 0. The summed E-state index contributed by atoms with van der Waals surface area (Å²) in [5, 5.41) is 4.56. The van der Waals surface area contributed by atoms with Crippen LogP contribution in [-0.4, -0.2) is 61.6 Å². The Bertz CT molecular complexity index is 944. The summed E-state index contributed by atoms with van der Waals surface area (Å²) in [5.74, 6) is 1.58. The Morgan fingerprint density at radius 2 is 1.59 bits per heavy atom. The largest absolute Gasteiger partial charge is 0.497 e. The van der Waals surface area contributed by atoms with E-state index in [1.54, 1.807) is 14.2 Å². The van der Waals surface area contributed by atoms with Gasteiger partial charge in [-0.3, -0.25) is 0 Å². The van der Waals surface area contributed by atoms with Crippen LogP contribution in [0.4, 0.5) is 5.69 Å². The lowest BCUT2D eigenvalue weighted by Gasteiger charge is -2.35. The van der Waals surface area contributed by atoms with Gasteiger partial charge in [-0.05, 0) is 55.1 Å². The Kier molecular flexibility index (Phi) is 5.71. The van der Waals surface area contributed by atoms with Gasteiger partial charge in [0.1, 0.15) is 11.5 Å². The molecule has 1 aliphatic rings. The molecule has 29 heavy (non-hydrogen) atoms. The molecule has 6 heteroatoms. The Labute approximate surface area is 172 Å². The summed E-state index contributed by atoms with van der Waals surface area (Å²) in [6.45, 7) is 7.74. The first-order valence-corrected chi connectivity index (χ1v) is 10.1. The zero-order valence-electron chi connectivity index (χ0n) is 17.3. The van der Waals surface area contributed by atoms with E-state index in [2.05, 4.69) is 46.1 Å². The van der Waals surface area contributed by atoms with Gasteiger partial charge in [-0.15, -0.1) is 0 Å². The number of rotatable bonds is 6. The molecular formula is C23H28N4O2. The van der Waals surface area contributed by atoms with Gasteiger partial charge in [0.25, 0.3) is 0 Å². The summed E-state index contributed by atoms with van der Waals surface area (Å²) in [7, 11) is 3.35. The molecule has 1 aromatic heterocycles. The molecule has 0 atom stereocenters. The first kappa shape index (κ1) is 19.3. The molecule has 4 rings (SSSR count). The second kappa shape index (κ2) is 8.57. The van der Waals surface area contributed by atoms with Gasteiger partial charge in [-0.25, -0.2) is 4.68 Å². The van der Waals surface area contributed by atoms with E-state index in [1.807, 2.05) is 35.1 Å². The van der Waals surface area contributed by atoms with E-state index < -0.39 is 0 Å². The number of aromatic nitrogens is 2. The minimum absolute atomic E-state index is 0.787. The maximum absolute atomic E-state index is 5.57. The molecule has 3 aromatic rings. The van der Waals surface area contributed by atoms with Crippen molar-refractivity contribution in [3.05, 3.63) is 54.7 Å². The lowest BCUT2D eigenvalue weighted by molar-refractivity contribution is 0.271. The second-order valence-electron chi connectivity index (χ2n) is 7.13. The van der Waals surface area contributed by atoms with Crippen molar-refractivity contribution in [1.29, 1.82) is 0 Å². The third kappa shape index (κ3) is 3.93. The van der Waals surface area contributed by atoms with E-state index in [0.29, 0.717) is 0 Å². The summed E-state index contributed by atoms with van der Waals surface area (Å²) < 4.78 is 12.9. The van der Waals surface area contributed by atoms with Crippen LogP contribution in [0.25, 0.3) is 16.9 Å². The van der Waals surface area contributed by atoms with Crippen LogP contribution in [0.2, 0.25) is 0 Å². The number of ether oxygens (including phenoxy) is 2. The molecule has 0 aliphatic carbocycles. The number of piperazine rings is 1. The van der Waals surface area contributed by atoms with E-state index in [9.17, 15) is 0 Å².